The molecule has 1 fully saturated rings. The Kier molecular flexibility index (Phi) is 5.64. The Hall–Kier alpha value is -3.58. The van der Waals surface area contributed by atoms with Crippen molar-refractivity contribution in [3.63, 3.8) is 0 Å². The number of imidazole rings is 1. The molecule has 2 atom stereocenters. The third kappa shape index (κ3) is 4.00. The van der Waals surface area contributed by atoms with Gasteiger partial charge in [0.2, 0.25) is 5.91 Å². The highest BCUT2D eigenvalue weighted by Crippen LogP contribution is 2.38. The predicted octanol–water partition coefficient (Wildman–Crippen LogP) is 3.69. The van der Waals surface area contributed by atoms with Gasteiger partial charge in [-0.2, -0.15) is 0 Å². The molecule has 0 bridgehead atoms. The highest BCUT2D eigenvalue weighted by Gasteiger charge is 2.38. The van der Waals surface area contributed by atoms with E-state index >= 15 is 0 Å². The summed E-state index contributed by atoms with van der Waals surface area (Å²) in [7, 11) is 1.64. The van der Waals surface area contributed by atoms with E-state index in [1.807, 2.05) is 66.2 Å². The van der Waals surface area contributed by atoms with Gasteiger partial charge in [-0.15, -0.1) is 0 Å². The van der Waals surface area contributed by atoms with Gasteiger partial charge in [0.1, 0.15) is 24.2 Å². The first-order chi connectivity index (χ1) is 16.0. The number of fused-ring (bicyclic) bond motifs is 1. The summed E-state index contributed by atoms with van der Waals surface area (Å²) in [5.41, 5.74) is 4.29. The van der Waals surface area contributed by atoms with Crippen LogP contribution < -0.4 is 9.47 Å². The van der Waals surface area contributed by atoms with Crippen molar-refractivity contribution in [1.82, 2.24) is 14.5 Å². The topological polar surface area (TPSA) is 76.8 Å². The number of hydrogen-bond acceptors (Lipinski definition) is 5. The monoisotopic (exact) mass is 445 g/mol. The van der Waals surface area contributed by atoms with Gasteiger partial charge in [-0.1, -0.05) is 24.3 Å². The molecule has 5 rings (SSSR count). The Morgan fingerprint density at radius 3 is 2.88 bits per heavy atom. The normalized spacial score (nSPS) is 21.6. The molecule has 2 aliphatic heterocycles. The van der Waals surface area contributed by atoms with Crippen molar-refractivity contribution < 1.29 is 19.4 Å². The van der Waals surface area contributed by atoms with E-state index in [1.165, 1.54) is 0 Å². The molecule has 2 aliphatic rings. The van der Waals surface area contributed by atoms with Crippen molar-refractivity contribution in [3.8, 4) is 17.2 Å². The number of amides is 1. The van der Waals surface area contributed by atoms with E-state index < -0.39 is 12.1 Å². The lowest BCUT2D eigenvalue weighted by Gasteiger charge is -2.41. The van der Waals surface area contributed by atoms with E-state index in [1.54, 1.807) is 18.3 Å². The number of likely N-dealkylation sites (tertiary alicyclic amines) is 1. The van der Waals surface area contributed by atoms with E-state index in [9.17, 15) is 9.90 Å². The zero-order chi connectivity index (χ0) is 22.9. The Balaban J connectivity index is 1.45. The Bertz CT molecular complexity index is 1220. The summed E-state index contributed by atoms with van der Waals surface area (Å²) in [6.45, 7) is 2.72. The number of carbonyl (C=O) groups excluding carboxylic acids is 1. The molecule has 0 saturated carbocycles. The summed E-state index contributed by atoms with van der Waals surface area (Å²) in [5, 5.41) is 10.7. The fourth-order valence-corrected chi connectivity index (χ4v) is 4.69. The van der Waals surface area contributed by atoms with Crippen molar-refractivity contribution in [2.24, 2.45) is 0 Å². The number of nitrogens with zero attached hydrogens (tertiary/aromatic N) is 3. The molecule has 2 aromatic carbocycles. The molecule has 3 aromatic rings. The minimum absolute atomic E-state index is 0.0460. The van der Waals surface area contributed by atoms with Crippen molar-refractivity contribution in [3.05, 3.63) is 77.4 Å². The molecule has 0 spiro atoms. The number of methoxy groups -OCH3 is 1. The van der Waals surface area contributed by atoms with Crippen LogP contribution in [0, 0.1) is 6.92 Å². The fourth-order valence-electron chi connectivity index (χ4n) is 4.69. The van der Waals surface area contributed by atoms with Gasteiger partial charge in [-0.05, 0) is 49.6 Å². The SMILES string of the molecule is COc1cc(C=C2CCCN([C@@H]3c4ccccc4OC[C@@H]3O)C2=O)ccc1-n1cnc(C)c1. The Morgan fingerprint density at radius 1 is 1.24 bits per heavy atom. The first-order valence-corrected chi connectivity index (χ1v) is 11.2. The molecule has 0 radical (unpaired) electrons. The minimum atomic E-state index is -0.763. The maximum atomic E-state index is 13.5. The van der Waals surface area contributed by atoms with Crippen molar-refractivity contribution in [2.45, 2.75) is 31.9 Å². The number of ether oxygens (including phenoxy) is 2. The number of carbonyl (C=O) groups is 1. The number of rotatable bonds is 4. The number of hydrogen-bond donors (Lipinski definition) is 1. The lowest BCUT2D eigenvalue weighted by molar-refractivity contribution is -0.135. The summed E-state index contributed by atoms with van der Waals surface area (Å²) < 4.78 is 13.2. The maximum Gasteiger partial charge on any atom is 0.250 e. The minimum Gasteiger partial charge on any atom is -0.495 e. The van der Waals surface area contributed by atoms with Crippen LogP contribution in [0.5, 0.6) is 11.5 Å². The van der Waals surface area contributed by atoms with Crippen LogP contribution in [0.4, 0.5) is 0 Å². The lowest BCUT2D eigenvalue weighted by atomic mass is 9.92. The second-order valence-corrected chi connectivity index (χ2v) is 8.49. The van der Waals surface area contributed by atoms with Crippen LogP contribution in [0.25, 0.3) is 11.8 Å². The van der Waals surface area contributed by atoms with E-state index in [0.717, 1.165) is 40.3 Å². The Labute approximate surface area is 192 Å². The summed E-state index contributed by atoms with van der Waals surface area (Å²) in [4.78, 5) is 19.6. The molecule has 0 unspecified atom stereocenters. The second kappa shape index (κ2) is 8.75. The number of aliphatic hydroxyl groups excluding tert-OH is 1. The highest BCUT2D eigenvalue weighted by molar-refractivity contribution is 5.99. The second-order valence-electron chi connectivity index (χ2n) is 8.49. The quantitative estimate of drug-likeness (QED) is 0.620. The first-order valence-electron chi connectivity index (χ1n) is 11.2. The van der Waals surface area contributed by atoms with Crippen LogP contribution in [0.15, 0.2) is 60.6 Å². The molecule has 0 aliphatic carbocycles. The van der Waals surface area contributed by atoms with Crippen LogP contribution >= 0.6 is 0 Å². The smallest absolute Gasteiger partial charge is 0.250 e. The van der Waals surface area contributed by atoms with Gasteiger partial charge < -0.3 is 24.0 Å². The van der Waals surface area contributed by atoms with Gasteiger partial charge in [0, 0.05) is 23.9 Å². The van der Waals surface area contributed by atoms with Gasteiger partial charge in [0.25, 0.3) is 0 Å². The Morgan fingerprint density at radius 2 is 2.09 bits per heavy atom. The largest absolute Gasteiger partial charge is 0.495 e. The van der Waals surface area contributed by atoms with E-state index in [-0.39, 0.29) is 12.5 Å². The van der Waals surface area contributed by atoms with E-state index in [4.69, 9.17) is 9.47 Å². The van der Waals surface area contributed by atoms with Gasteiger partial charge in [0.15, 0.2) is 0 Å². The molecular weight excluding hydrogens is 418 g/mol. The lowest BCUT2D eigenvalue weighted by Crippen LogP contribution is -2.47. The molecule has 7 nitrogen and oxygen atoms in total. The molecule has 33 heavy (non-hydrogen) atoms. The van der Waals surface area contributed by atoms with Gasteiger partial charge in [0.05, 0.1) is 30.9 Å². The first kappa shape index (κ1) is 21.3. The van der Waals surface area contributed by atoms with Gasteiger partial charge in [-0.25, -0.2) is 4.98 Å². The predicted molar refractivity (Wildman–Crippen MR) is 124 cm³/mol. The maximum absolute atomic E-state index is 13.5. The third-order valence-corrected chi connectivity index (χ3v) is 6.26. The van der Waals surface area contributed by atoms with Crippen LogP contribution in [0.2, 0.25) is 0 Å². The zero-order valence-corrected chi connectivity index (χ0v) is 18.8. The van der Waals surface area contributed by atoms with E-state index in [2.05, 4.69) is 4.98 Å². The molecule has 1 aromatic heterocycles. The van der Waals surface area contributed by atoms with Crippen LogP contribution in [-0.4, -0.2) is 51.8 Å². The highest BCUT2D eigenvalue weighted by atomic mass is 16.5. The molecule has 1 saturated heterocycles. The standard InChI is InChI=1S/C26H27N3O4/c1-17-14-28(16-27-17)21-10-9-18(13-24(21)32-2)12-19-6-5-11-29(26(19)31)25-20-7-3-4-8-23(20)33-15-22(25)30/h3-4,7-10,12-14,16,22,25,30H,5-6,11,15H2,1-2H3/t22-,25+/m0/s1. The van der Waals surface area contributed by atoms with E-state index in [0.29, 0.717) is 18.7 Å². The van der Waals surface area contributed by atoms with Crippen LogP contribution in [0.3, 0.4) is 0 Å². The number of aliphatic hydroxyl groups is 1. The van der Waals surface area contributed by atoms with Crippen LogP contribution in [-0.2, 0) is 4.79 Å². The number of aryl methyl sites for hydroxylation is 1. The third-order valence-electron chi connectivity index (χ3n) is 6.26. The van der Waals surface area contributed by atoms with Gasteiger partial charge >= 0.3 is 0 Å². The molecule has 3 heterocycles. The molecule has 1 amide bonds. The summed E-state index contributed by atoms with van der Waals surface area (Å²) in [6, 6.07) is 13.1. The summed E-state index contributed by atoms with van der Waals surface area (Å²) in [6.07, 6.45) is 6.40. The van der Waals surface area contributed by atoms with Crippen molar-refractivity contribution in [1.29, 1.82) is 0 Å². The number of piperidine rings is 1. The van der Waals surface area contributed by atoms with Crippen molar-refractivity contribution >= 4 is 12.0 Å². The average Bonchev–Trinajstić information content (AvgIpc) is 3.26. The summed E-state index contributed by atoms with van der Waals surface area (Å²) in [5.74, 6) is 1.39. The van der Waals surface area contributed by atoms with Crippen molar-refractivity contribution in [2.75, 3.05) is 20.3 Å². The molecule has 1 N–H and O–H groups in total. The number of aromatic nitrogens is 2. The summed E-state index contributed by atoms with van der Waals surface area (Å²) >= 11 is 0. The molecule has 170 valence electrons. The number of benzene rings is 2. The van der Waals surface area contributed by atoms with Crippen LogP contribution in [0.1, 0.15) is 35.7 Å². The molecule has 7 heteroatoms. The zero-order valence-electron chi connectivity index (χ0n) is 18.8. The number of para-hydroxylation sites is 1. The average molecular weight is 446 g/mol. The van der Waals surface area contributed by atoms with Gasteiger partial charge in [-0.3, -0.25) is 4.79 Å². The fraction of sp³-hybridized carbons (Fsp3) is 0.308. The molecular formula is C26H27N3O4.